The standard InChI is InChI=1S/C21H35N5O3/c1-14(11-27-4)29-15-5-6-17-16(9-15)20(25-24-17)18-10-19(23-13-22-18)26-7-8-28-21(2,3)12-26/h10,13-17,20,24-25H,5-9,11-12H2,1-4H3/t14-,15?,16?,17?,20?/m0/s1. The summed E-state index contributed by atoms with van der Waals surface area (Å²) in [7, 11) is 1.72. The van der Waals surface area contributed by atoms with Gasteiger partial charge in [-0.15, -0.1) is 0 Å². The van der Waals surface area contributed by atoms with Crippen LogP contribution in [-0.4, -0.2) is 67.2 Å². The van der Waals surface area contributed by atoms with Gasteiger partial charge in [0.25, 0.3) is 0 Å². The smallest absolute Gasteiger partial charge is 0.132 e. The SMILES string of the molecule is COC[C@H](C)OC1CCC2NNC(c3cc(N4CCOC(C)(C)C4)ncn3)C2C1. The van der Waals surface area contributed by atoms with E-state index in [2.05, 4.69) is 52.6 Å². The molecular formula is C21H35N5O3. The lowest BCUT2D eigenvalue weighted by Crippen LogP contribution is -2.48. The molecule has 3 aliphatic rings. The van der Waals surface area contributed by atoms with Crippen LogP contribution in [0.5, 0.6) is 0 Å². The van der Waals surface area contributed by atoms with Gasteiger partial charge < -0.3 is 19.1 Å². The maximum Gasteiger partial charge on any atom is 0.132 e. The fourth-order valence-corrected chi connectivity index (χ4v) is 4.95. The largest absolute Gasteiger partial charge is 0.382 e. The maximum atomic E-state index is 6.23. The number of rotatable bonds is 6. The summed E-state index contributed by atoms with van der Waals surface area (Å²) in [6.45, 7) is 9.38. The number of hydrogen-bond acceptors (Lipinski definition) is 8. The molecule has 0 spiro atoms. The van der Waals surface area contributed by atoms with Gasteiger partial charge in [0, 0.05) is 38.2 Å². The summed E-state index contributed by atoms with van der Waals surface area (Å²) in [5.41, 5.74) is 7.88. The van der Waals surface area contributed by atoms with Crippen molar-refractivity contribution < 1.29 is 14.2 Å². The Bertz CT molecular complexity index is 688. The molecule has 3 heterocycles. The van der Waals surface area contributed by atoms with Gasteiger partial charge in [-0.05, 0) is 40.0 Å². The average molecular weight is 406 g/mol. The van der Waals surface area contributed by atoms with Crippen molar-refractivity contribution in [1.29, 1.82) is 0 Å². The molecule has 3 fully saturated rings. The Morgan fingerprint density at radius 2 is 2.17 bits per heavy atom. The quantitative estimate of drug-likeness (QED) is 0.742. The minimum absolute atomic E-state index is 0.123. The predicted octanol–water partition coefficient (Wildman–Crippen LogP) is 1.83. The van der Waals surface area contributed by atoms with Crippen molar-refractivity contribution in [2.45, 2.75) is 69.9 Å². The molecule has 1 aliphatic carbocycles. The second-order valence-electron chi connectivity index (χ2n) is 9.20. The van der Waals surface area contributed by atoms with Crippen molar-refractivity contribution >= 4 is 5.82 Å². The highest BCUT2D eigenvalue weighted by molar-refractivity contribution is 5.41. The number of fused-ring (bicyclic) bond motifs is 1. The molecule has 1 saturated carbocycles. The van der Waals surface area contributed by atoms with Gasteiger partial charge in [-0.2, -0.15) is 0 Å². The second kappa shape index (κ2) is 8.81. The number of morpholine rings is 1. The summed E-state index contributed by atoms with van der Waals surface area (Å²) in [4.78, 5) is 11.5. The molecule has 5 atom stereocenters. The van der Waals surface area contributed by atoms with E-state index in [0.29, 0.717) is 18.6 Å². The lowest BCUT2D eigenvalue weighted by Gasteiger charge is -2.39. The van der Waals surface area contributed by atoms with Gasteiger partial charge in [0.2, 0.25) is 0 Å². The zero-order valence-corrected chi connectivity index (χ0v) is 18.1. The van der Waals surface area contributed by atoms with Crippen LogP contribution in [0.25, 0.3) is 0 Å². The van der Waals surface area contributed by atoms with Crippen molar-refractivity contribution in [2.75, 3.05) is 38.3 Å². The molecule has 2 saturated heterocycles. The monoisotopic (exact) mass is 405 g/mol. The molecule has 2 N–H and O–H groups in total. The van der Waals surface area contributed by atoms with Crippen LogP contribution in [0, 0.1) is 5.92 Å². The zero-order valence-electron chi connectivity index (χ0n) is 18.1. The summed E-state index contributed by atoms with van der Waals surface area (Å²) in [5, 5.41) is 0. The highest BCUT2D eigenvalue weighted by atomic mass is 16.5. The molecule has 4 rings (SSSR count). The molecule has 162 valence electrons. The highest BCUT2D eigenvalue weighted by Crippen LogP contribution is 2.39. The van der Waals surface area contributed by atoms with Crippen LogP contribution >= 0.6 is 0 Å². The predicted molar refractivity (Wildman–Crippen MR) is 111 cm³/mol. The Balaban J connectivity index is 1.45. The minimum Gasteiger partial charge on any atom is -0.382 e. The van der Waals surface area contributed by atoms with E-state index >= 15 is 0 Å². The summed E-state index contributed by atoms with van der Waals surface area (Å²) in [5.74, 6) is 1.43. The summed E-state index contributed by atoms with van der Waals surface area (Å²) in [6, 6.07) is 2.76. The topological polar surface area (TPSA) is 80.8 Å². The first-order valence-electron chi connectivity index (χ1n) is 10.8. The van der Waals surface area contributed by atoms with E-state index in [1.54, 1.807) is 13.4 Å². The van der Waals surface area contributed by atoms with Crippen molar-refractivity contribution in [1.82, 2.24) is 20.8 Å². The van der Waals surface area contributed by atoms with E-state index in [1.807, 2.05) is 0 Å². The normalized spacial score (nSPS) is 32.8. The van der Waals surface area contributed by atoms with Crippen molar-refractivity contribution in [3.05, 3.63) is 18.1 Å². The van der Waals surface area contributed by atoms with Crippen LogP contribution in [0.4, 0.5) is 5.82 Å². The van der Waals surface area contributed by atoms with E-state index in [0.717, 1.165) is 50.5 Å². The van der Waals surface area contributed by atoms with E-state index in [9.17, 15) is 0 Å². The van der Waals surface area contributed by atoms with Crippen LogP contribution in [0.1, 0.15) is 51.8 Å². The first-order chi connectivity index (χ1) is 13.9. The molecule has 2 aliphatic heterocycles. The van der Waals surface area contributed by atoms with Gasteiger partial charge in [0.15, 0.2) is 0 Å². The fraction of sp³-hybridized carbons (Fsp3) is 0.810. The average Bonchev–Trinajstić information content (AvgIpc) is 3.11. The van der Waals surface area contributed by atoms with E-state index in [-0.39, 0.29) is 23.9 Å². The third-order valence-electron chi connectivity index (χ3n) is 6.27. The van der Waals surface area contributed by atoms with Crippen LogP contribution in [0.2, 0.25) is 0 Å². The molecule has 0 amide bonds. The Kier molecular flexibility index (Phi) is 6.36. The molecule has 0 bridgehead atoms. The maximum absolute atomic E-state index is 6.23. The van der Waals surface area contributed by atoms with Gasteiger partial charge in [-0.25, -0.2) is 15.4 Å². The highest BCUT2D eigenvalue weighted by Gasteiger charge is 2.42. The zero-order chi connectivity index (χ0) is 20.4. The lowest BCUT2D eigenvalue weighted by atomic mass is 9.79. The van der Waals surface area contributed by atoms with Crippen LogP contribution < -0.4 is 15.8 Å². The fourth-order valence-electron chi connectivity index (χ4n) is 4.95. The number of ether oxygens (including phenoxy) is 3. The number of methoxy groups -OCH3 is 1. The van der Waals surface area contributed by atoms with Gasteiger partial charge >= 0.3 is 0 Å². The molecule has 4 unspecified atom stereocenters. The minimum atomic E-state index is -0.158. The molecule has 0 aromatic carbocycles. The second-order valence-corrected chi connectivity index (χ2v) is 9.20. The number of hydrazine groups is 1. The molecule has 29 heavy (non-hydrogen) atoms. The third-order valence-corrected chi connectivity index (χ3v) is 6.27. The van der Waals surface area contributed by atoms with Crippen LogP contribution in [-0.2, 0) is 14.2 Å². The Morgan fingerprint density at radius 3 is 2.97 bits per heavy atom. The van der Waals surface area contributed by atoms with E-state index < -0.39 is 0 Å². The molecule has 1 aromatic rings. The van der Waals surface area contributed by atoms with Gasteiger partial charge in [-0.1, -0.05) is 0 Å². The summed E-state index contributed by atoms with van der Waals surface area (Å²) < 4.78 is 17.3. The van der Waals surface area contributed by atoms with Crippen LogP contribution in [0.3, 0.4) is 0 Å². The lowest BCUT2D eigenvalue weighted by molar-refractivity contribution is -0.0623. The van der Waals surface area contributed by atoms with Crippen molar-refractivity contribution in [3.63, 3.8) is 0 Å². The number of aromatic nitrogens is 2. The van der Waals surface area contributed by atoms with Gasteiger partial charge in [0.05, 0.1) is 42.8 Å². The number of nitrogens with one attached hydrogen (secondary N) is 2. The van der Waals surface area contributed by atoms with Crippen LogP contribution in [0.15, 0.2) is 12.4 Å². The molecule has 8 nitrogen and oxygen atoms in total. The van der Waals surface area contributed by atoms with E-state index in [4.69, 9.17) is 14.2 Å². The van der Waals surface area contributed by atoms with Crippen molar-refractivity contribution in [2.24, 2.45) is 5.92 Å². The van der Waals surface area contributed by atoms with E-state index in [1.165, 1.54) is 0 Å². The molecule has 0 radical (unpaired) electrons. The molecule has 8 heteroatoms. The molecular weight excluding hydrogens is 370 g/mol. The number of hydrogen-bond donors (Lipinski definition) is 2. The van der Waals surface area contributed by atoms with Crippen molar-refractivity contribution in [3.8, 4) is 0 Å². The van der Waals surface area contributed by atoms with Gasteiger partial charge in [-0.3, -0.25) is 5.43 Å². The number of nitrogens with zero attached hydrogens (tertiary/aromatic N) is 3. The van der Waals surface area contributed by atoms with Gasteiger partial charge in [0.1, 0.15) is 12.1 Å². The first kappa shape index (κ1) is 20.9. The Labute approximate surface area is 173 Å². The Hall–Kier alpha value is -1.32. The summed E-state index contributed by atoms with van der Waals surface area (Å²) in [6.07, 6.45) is 5.29. The number of anilines is 1. The first-order valence-corrected chi connectivity index (χ1v) is 10.8. The Morgan fingerprint density at radius 1 is 1.31 bits per heavy atom. The molecule has 1 aromatic heterocycles. The third kappa shape index (κ3) is 4.88. The summed E-state index contributed by atoms with van der Waals surface area (Å²) >= 11 is 0.